The van der Waals surface area contributed by atoms with Crippen LogP contribution in [0.3, 0.4) is 0 Å². The monoisotopic (exact) mass is 490 g/mol. The molecule has 0 bridgehead atoms. The third-order valence-corrected chi connectivity index (χ3v) is 7.47. The van der Waals surface area contributed by atoms with Gasteiger partial charge in [0.15, 0.2) is 5.58 Å². The molecule has 2 aromatic carbocycles. The lowest BCUT2D eigenvalue weighted by molar-refractivity contribution is -0.122. The number of nitrogens with one attached hydrogen (secondary N) is 2. The van der Waals surface area contributed by atoms with Gasteiger partial charge in [0.2, 0.25) is 21.8 Å². The minimum atomic E-state index is -3.59. The highest BCUT2D eigenvalue weighted by molar-refractivity contribution is 7.99. The zero-order chi connectivity index (χ0) is 24.3. The normalized spacial score (nSPS) is 11.7. The molecule has 176 valence electrons. The fraction of sp³-hybridized carbons (Fsp3) is 0.318. The van der Waals surface area contributed by atoms with E-state index in [1.807, 2.05) is 32.9 Å². The smallest absolute Gasteiger partial charge is 0.257 e. The van der Waals surface area contributed by atoms with E-state index in [1.54, 1.807) is 0 Å². The number of benzene rings is 2. The summed E-state index contributed by atoms with van der Waals surface area (Å²) in [5.74, 6) is -0.684. The Morgan fingerprint density at radius 3 is 2.36 bits per heavy atom. The summed E-state index contributed by atoms with van der Waals surface area (Å²) in [4.78, 5) is 28.8. The summed E-state index contributed by atoms with van der Waals surface area (Å²) >= 11 is 1.05. The van der Waals surface area contributed by atoms with Crippen LogP contribution >= 0.6 is 11.8 Å². The number of carbonyl (C=O) groups is 2. The Kier molecular flexibility index (Phi) is 7.45. The third-order valence-electron chi connectivity index (χ3n) is 4.83. The maximum absolute atomic E-state index is 12.3. The van der Waals surface area contributed by atoms with Gasteiger partial charge in [0.05, 0.1) is 17.2 Å². The van der Waals surface area contributed by atoms with Crippen molar-refractivity contribution in [3.05, 3.63) is 47.0 Å². The van der Waals surface area contributed by atoms with Gasteiger partial charge in [0.25, 0.3) is 5.22 Å². The van der Waals surface area contributed by atoms with Crippen molar-refractivity contribution in [1.29, 1.82) is 0 Å². The van der Waals surface area contributed by atoms with Gasteiger partial charge in [0.1, 0.15) is 5.52 Å². The minimum Gasteiger partial charge on any atom is -0.431 e. The number of anilines is 1. The van der Waals surface area contributed by atoms with E-state index in [4.69, 9.17) is 4.42 Å². The second-order valence-corrected chi connectivity index (χ2v) is 10.9. The van der Waals surface area contributed by atoms with Crippen molar-refractivity contribution >= 4 is 50.4 Å². The second-order valence-electron chi connectivity index (χ2n) is 7.78. The molecule has 0 radical (unpaired) electrons. The van der Waals surface area contributed by atoms with Gasteiger partial charge in [-0.3, -0.25) is 9.59 Å². The molecule has 0 aliphatic heterocycles. The number of amides is 2. The molecule has 11 heteroatoms. The van der Waals surface area contributed by atoms with Crippen LogP contribution in [0.5, 0.6) is 0 Å². The molecule has 2 N–H and O–H groups in total. The molecule has 1 aromatic heterocycles. The van der Waals surface area contributed by atoms with Crippen LogP contribution < -0.4 is 10.6 Å². The molecule has 2 amide bonds. The fourth-order valence-electron chi connectivity index (χ4n) is 3.24. The summed E-state index contributed by atoms with van der Waals surface area (Å²) in [7, 11) is -0.688. The fourth-order valence-corrected chi connectivity index (χ4v) is 4.83. The van der Waals surface area contributed by atoms with Crippen molar-refractivity contribution < 1.29 is 22.4 Å². The molecule has 0 saturated heterocycles. The topological polar surface area (TPSA) is 122 Å². The maximum atomic E-state index is 12.3. The van der Waals surface area contributed by atoms with Crippen molar-refractivity contribution in [3.63, 3.8) is 0 Å². The third kappa shape index (κ3) is 5.92. The molecule has 0 atom stereocenters. The Morgan fingerprint density at radius 2 is 1.73 bits per heavy atom. The van der Waals surface area contributed by atoms with Gasteiger partial charge in [-0.25, -0.2) is 17.7 Å². The second kappa shape index (κ2) is 9.94. The van der Waals surface area contributed by atoms with Crippen LogP contribution in [0, 0.1) is 20.8 Å². The van der Waals surface area contributed by atoms with Crippen molar-refractivity contribution in [2.45, 2.75) is 30.9 Å². The summed E-state index contributed by atoms with van der Waals surface area (Å²) in [5, 5.41) is 5.64. The highest BCUT2D eigenvalue weighted by Crippen LogP contribution is 2.26. The molecule has 0 saturated carbocycles. The summed E-state index contributed by atoms with van der Waals surface area (Å²) in [6, 6.07) is 8.37. The lowest BCUT2D eigenvalue weighted by Gasteiger charge is -2.13. The maximum Gasteiger partial charge on any atom is 0.257 e. The van der Waals surface area contributed by atoms with E-state index in [0.717, 1.165) is 38.4 Å². The van der Waals surface area contributed by atoms with E-state index in [1.165, 1.54) is 32.3 Å². The molecular weight excluding hydrogens is 464 g/mol. The number of fused-ring (bicyclic) bond motifs is 1. The Bertz CT molecular complexity index is 1290. The Balaban J connectivity index is 1.55. The molecule has 9 nitrogen and oxygen atoms in total. The predicted octanol–water partition coefficient (Wildman–Crippen LogP) is 2.85. The Labute approximate surface area is 197 Å². The van der Waals surface area contributed by atoms with E-state index in [-0.39, 0.29) is 34.2 Å². The van der Waals surface area contributed by atoms with E-state index in [0.29, 0.717) is 11.1 Å². The molecule has 0 aliphatic rings. The molecule has 0 spiro atoms. The van der Waals surface area contributed by atoms with Gasteiger partial charge >= 0.3 is 0 Å². The highest BCUT2D eigenvalue weighted by Gasteiger charge is 2.19. The number of aromatic nitrogens is 1. The van der Waals surface area contributed by atoms with Gasteiger partial charge in [-0.1, -0.05) is 29.5 Å². The van der Waals surface area contributed by atoms with Crippen LogP contribution in [0.25, 0.3) is 11.1 Å². The first kappa shape index (κ1) is 24.7. The van der Waals surface area contributed by atoms with Crippen LogP contribution in [0.2, 0.25) is 0 Å². The highest BCUT2D eigenvalue weighted by atomic mass is 32.2. The minimum absolute atomic E-state index is 0.00839. The summed E-state index contributed by atoms with van der Waals surface area (Å²) in [6.45, 7) is 5.67. The van der Waals surface area contributed by atoms with E-state index >= 15 is 0 Å². The van der Waals surface area contributed by atoms with Crippen LogP contribution in [-0.4, -0.2) is 55.9 Å². The molecule has 1 heterocycles. The van der Waals surface area contributed by atoms with Crippen molar-refractivity contribution in [3.8, 4) is 0 Å². The molecule has 33 heavy (non-hydrogen) atoms. The first-order valence-electron chi connectivity index (χ1n) is 10.1. The largest absolute Gasteiger partial charge is 0.431 e. The van der Waals surface area contributed by atoms with Crippen molar-refractivity contribution in [2.75, 3.05) is 31.7 Å². The van der Waals surface area contributed by atoms with Crippen LogP contribution in [0.4, 0.5) is 5.69 Å². The van der Waals surface area contributed by atoms with Crippen molar-refractivity contribution in [1.82, 2.24) is 14.6 Å². The van der Waals surface area contributed by atoms with Gasteiger partial charge in [-0.05, 0) is 50.1 Å². The quantitative estimate of drug-likeness (QED) is 0.466. The molecule has 0 aliphatic carbocycles. The molecule has 3 rings (SSSR count). The van der Waals surface area contributed by atoms with Crippen LogP contribution in [0.15, 0.2) is 44.9 Å². The van der Waals surface area contributed by atoms with Gasteiger partial charge in [-0.15, -0.1) is 0 Å². The van der Waals surface area contributed by atoms with Gasteiger partial charge in [-0.2, -0.15) is 0 Å². The van der Waals surface area contributed by atoms with E-state index in [2.05, 4.69) is 15.6 Å². The number of hydrogen-bond donors (Lipinski definition) is 2. The number of carbonyl (C=O) groups excluding carboxylic acids is 2. The predicted molar refractivity (Wildman–Crippen MR) is 128 cm³/mol. The lowest BCUT2D eigenvalue weighted by atomic mass is 10.1. The number of thioether (sulfide) groups is 1. The first-order chi connectivity index (χ1) is 15.5. The average molecular weight is 491 g/mol. The van der Waals surface area contributed by atoms with Crippen LogP contribution in [-0.2, 0) is 19.6 Å². The number of rotatable bonds is 8. The van der Waals surface area contributed by atoms with Gasteiger partial charge in [0, 0.05) is 19.8 Å². The number of hydrogen-bond acceptors (Lipinski definition) is 7. The van der Waals surface area contributed by atoms with Crippen molar-refractivity contribution in [2.24, 2.45) is 0 Å². The first-order valence-corrected chi connectivity index (χ1v) is 12.5. The SMILES string of the molecule is Cc1cc(C)c(NC(=O)CNC(=O)CSc2nc3cc(S(=O)(=O)N(C)C)ccc3o2)c(C)c1. The van der Waals surface area contributed by atoms with E-state index in [9.17, 15) is 18.0 Å². The Morgan fingerprint density at radius 1 is 1.06 bits per heavy atom. The zero-order valence-electron chi connectivity index (χ0n) is 19.1. The van der Waals surface area contributed by atoms with Gasteiger partial charge < -0.3 is 15.1 Å². The number of aryl methyl sites for hydroxylation is 3. The number of nitrogens with zero attached hydrogens (tertiary/aromatic N) is 2. The molecule has 0 fully saturated rings. The number of oxazole rings is 1. The summed E-state index contributed by atoms with van der Waals surface area (Å²) in [5.41, 5.74) is 4.57. The Hall–Kier alpha value is -2.89. The standard InChI is InChI=1S/C22H26N4O5S2/c1-13-8-14(2)21(15(3)9-13)25-19(27)11-23-20(28)12-32-22-24-17-10-16(6-7-18(17)31-22)33(29,30)26(4)5/h6-10H,11-12H2,1-5H3,(H,23,28)(H,25,27). The lowest BCUT2D eigenvalue weighted by Crippen LogP contribution is -2.34. The average Bonchev–Trinajstić information content (AvgIpc) is 3.15. The summed E-state index contributed by atoms with van der Waals surface area (Å²) in [6.07, 6.45) is 0. The molecule has 0 unspecified atom stereocenters. The van der Waals surface area contributed by atoms with E-state index < -0.39 is 10.0 Å². The van der Waals surface area contributed by atoms with Crippen LogP contribution in [0.1, 0.15) is 16.7 Å². The number of sulfonamides is 1. The summed E-state index contributed by atoms with van der Waals surface area (Å²) < 4.78 is 31.2. The zero-order valence-corrected chi connectivity index (χ0v) is 20.7. The molecular formula is C22H26N4O5S2. The molecule has 3 aromatic rings.